The molecule has 1 saturated carbocycles. The van der Waals surface area contributed by atoms with Gasteiger partial charge in [-0.05, 0) is 55.6 Å². The molecular formula is C27H31Cl2N5O4S. The molecule has 1 aliphatic heterocycles. The molecular weight excluding hydrogens is 561 g/mol. The molecule has 0 radical (unpaired) electrons. The number of piperidine rings is 1. The molecule has 2 amide bonds. The van der Waals surface area contributed by atoms with Crippen LogP contribution in [0.5, 0.6) is 0 Å². The van der Waals surface area contributed by atoms with Crippen LogP contribution in [-0.4, -0.2) is 55.2 Å². The molecule has 5 rings (SSSR count). The summed E-state index contributed by atoms with van der Waals surface area (Å²) in [5.74, 6) is -0.241. The number of carbonyl (C=O) groups is 2. The molecule has 9 nitrogen and oxygen atoms in total. The van der Waals surface area contributed by atoms with E-state index in [9.17, 15) is 18.0 Å². The van der Waals surface area contributed by atoms with Gasteiger partial charge in [-0.1, -0.05) is 48.2 Å². The molecule has 2 fully saturated rings. The van der Waals surface area contributed by atoms with Crippen molar-refractivity contribution in [1.29, 1.82) is 0 Å². The summed E-state index contributed by atoms with van der Waals surface area (Å²) < 4.78 is 26.9. The van der Waals surface area contributed by atoms with E-state index in [1.54, 1.807) is 36.4 Å². The Morgan fingerprint density at radius 3 is 2.46 bits per heavy atom. The standard InChI is InChI=1S/C27H31Cl2N5O4S/c1-39(37,38)33-26(35)17-8-6-16(7-9-17)15-34-24-13-22(29)21(28)12-23(24)32-25(34)20-14-30-11-10-19(20)27(36)31-18-4-2-3-5-18/h6-9,12-13,18-20,30H,2-5,10-11,14-15H2,1H3,(H,31,36)(H,33,35). The minimum Gasteiger partial charge on any atom is -0.353 e. The number of fused-ring (bicyclic) bond motifs is 1. The van der Waals surface area contributed by atoms with E-state index in [-0.39, 0.29) is 29.3 Å². The molecule has 1 aromatic heterocycles. The SMILES string of the molecule is CS(=O)(=O)NC(=O)c1ccc(Cn2c(C3CNCCC3C(=O)NC3CCCC3)nc3cc(Cl)c(Cl)cc32)cc1. The number of sulfonamides is 1. The van der Waals surface area contributed by atoms with Gasteiger partial charge in [-0.3, -0.25) is 9.59 Å². The zero-order valence-corrected chi connectivity index (χ0v) is 23.9. The molecule has 0 spiro atoms. The van der Waals surface area contributed by atoms with Crippen molar-refractivity contribution in [2.75, 3.05) is 19.3 Å². The Morgan fingerprint density at radius 2 is 1.77 bits per heavy atom. The second-order valence-corrected chi connectivity index (χ2v) is 13.0. The first-order chi connectivity index (χ1) is 18.6. The van der Waals surface area contributed by atoms with Gasteiger partial charge < -0.3 is 15.2 Å². The van der Waals surface area contributed by atoms with Crippen LogP contribution in [0.2, 0.25) is 10.0 Å². The third-order valence-electron chi connectivity index (χ3n) is 7.51. The van der Waals surface area contributed by atoms with E-state index >= 15 is 0 Å². The number of imidazole rings is 1. The molecule has 39 heavy (non-hydrogen) atoms. The summed E-state index contributed by atoms with van der Waals surface area (Å²) in [6.07, 6.45) is 5.98. The number of hydrogen-bond acceptors (Lipinski definition) is 6. The number of aromatic nitrogens is 2. The Bertz CT molecular complexity index is 1500. The van der Waals surface area contributed by atoms with Crippen LogP contribution < -0.4 is 15.4 Å². The van der Waals surface area contributed by atoms with Crippen LogP contribution in [0.4, 0.5) is 0 Å². The Morgan fingerprint density at radius 1 is 1.08 bits per heavy atom. The Hall–Kier alpha value is -2.66. The van der Waals surface area contributed by atoms with Crippen molar-refractivity contribution in [3.8, 4) is 0 Å². The minimum absolute atomic E-state index is 0.0734. The number of nitrogens with one attached hydrogen (secondary N) is 3. The summed E-state index contributed by atoms with van der Waals surface area (Å²) in [7, 11) is -3.67. The first-order valence-electron chi connectivity index (χ1n) is 13.1. The van der Waals surface area contributed by atoms with E-state index in [1.165, 1.54) is 0 Å². The summed E-state index contributed by atoms with van der Waals surface area (Å²) in [4.78, 5) is 30.6. The lowest BCUT2D eigenvalue weighted by Crippen LogP contribution is -2.46. The number of nitrogens with zero attached hydrogens (tertiary/aromatic N) is 2. The molecule has 2 aliphatic rings. The first-order valence-corrected chi connectivity index (χ1v) is 15.7. The zero-order chi connectivity index (χ0) is 27.7. The average Bonchev–Trinajstić information content (AvgIpc) is 3.52. The van der Waals surface area contributed by atoms with Crippen LogP contribution >= 0.6 is 23.2 Å². The van der Waals surface area contributed by atoms with Gasteiger partial charge in [0.25, 0.3) is 5.91 Å². The Labute approximate surface area is 237 Å². The normalized spacial score (nSPS) is 20.3. The molecule has 1 saturated heterocycles. The monoisotopic (exact) mass is 591 g/mol. The smallest absolute Gasteiger partial charge is 0.264 e. The van der Waals surface area contributed by atoms with E-state index in [4.69, 9.17) is 28.2 Å². The van der Waals surface area contributed by atoms with E-state index in [1.807, 2.05) is 4.72 Å². The predicted molar refractivity (Wildman–Crippen MR) is 152 cm³/mol. The van der Waals surface area contributed by atoms with Crippen LogP contribution in [-0.2, 0) is 21.4 Å². The fraction of sp³-hybridized carbons (Fsp3) is 0.444. The first kappa shape index (κ1) is 27.9. The van der Waals surface area contributed by atoms with Crippen molar-refractivity contribution in [1.82, 2.24) is 24.9 Å². The number of halogens is 2. The van der Waals surface area contributed by atoms with Gasteiger partial charge in [0.1, 0.15) is 5.82 Å². The third kappa shape index (κ3) is 6.40. The third-order valence-corrected chi connectivity index (χ3v) is 8.79. The maximum absolute atomic E-state index is 13.4. The molecule has 2 heterocycles. The van der Waals surface area contributed by atoms with E-state index in [2.05, 4.69) is 15.2 Å². The van der Waals surface area contributed by atoms with Crippen molar-refractivity contribution < 1.29 is 18.0 Å². The van der Waals surface area contributed by atoms with Crippen molar-refractivity contribution in [2.24, 2.45) is 5.92 Å². The summed E-state index contributed by atoms with van der Waals surface area (Å²) >= 11 is 12.7. The summed E-state index contributed by atoms with van der Waals surface area (Å²) in [6, 6.07) is 10.5. The number of rotatable bonds is 7. The van der Waals surface area contributed by atoms with Gasteiger partial charge in [-0.2, -0.15) is 0 Å². The summed E-state index contributed by atoms with van der Waals surface area (Å²) in [5.41, 5.74) is 2.57. The van der Waals surface area contributed by atoms with E-state index in [0.717, 1.165) is 55.4 Å². The van der Waals surface area contributed by atoms with Gasteiger partial charge in [0.15, 0.2) is 0 Å². The maximum atomic E-state index is 13.4. The van der Waals surface area contributed by atoms with Crippen molar-refractivity contribution >= 4 is 56.1 Å². The van der Waals surface area contributed by atoms with Gasteiger partial charge in [-0.15, -0.1) is 0 Å². The van der Waals surface area contributed by atoms with Crippen molar-refractivity contribution in [3.05, 3.63) is 63.4 Å². The Kier molecular flexibility index (Phi) is 8.19. The van der Waals surface area contributed by atoms with Gasteiger partial charge >= 0.3 is 0 Å². The fourth-order valence-corrected chi connectivity index (χ4v) is 6.35. The van der Waals surface area contributed by atoms with Crippen LogP contribution in [0.3, 0.4) is 0 Å². The molecule has 2 unspecified atom stereocenters. The lowest BCUT2D eigenvalue weighted by molar-refractivity contribution is -0.127. The van der Waals surface area contributed by atoms with Gasteiger partial charge in [-0.25, -0.2) is 18.1 Å². The van der Waals surface area contributed by atoms with Crippen LogP contribution in [0.25, 0.3) is 11.0 Å². The molecule has 0 bridgehead atoms. The largest absolute Gasteiger partial charge is 0.353 e. The minimum atomic E-state index is -3.67. The van der Waals surface area contributed by atoms with E-state index in [0.29, 0.717) is 35.1 Å². The highest BCUT2D eigenvalue weighted by Gasteiger charge is 2.36. The van der Waals surface area contributed by atoms with Gasteiger partial charge in [0.2, 0.25) is 15.9 Å². The molecule has 3 N–H and O–H groups in total. The van der Waals surface area contributed by atoms with Crippen molar-refractivity contribution in [2.45, 2.75) is 50.6 Å². The highest BCUT2D eigenvalue weighted by molar-refractivity contribution is 7.89. The zero-order valence-electron chi connectivity index (χ0n) is 21.5. The van der Waals surface area contributed by atoms with E-state index < -0.39 is 15.9 Å². The maximum Gasteiger partial charge on any atom is 0.264 e. The molecule has 1 aliphatic carbocycles. The summed E-state index contributed by atoms with van der Waals surface area (Å²) in [6.45, 7) is 1.78. The number of carbonyl (C=O) groups excluding carboxylic acids is 2. The lowest BCUT2D eigenvalue weighted by Gasteiger charge is -2.32. The lowest BCUT2D eigenvalue weighted by atomic mass is 9.84. The second kappa shape index (κ2) is 11.4. The molecule has 2 aromatic carbocycles. The molecule has 3 aromatic rings. The molecule has 2 atom stereocenters. The van der Waals surface area contributed by atoms with Crippen LogP contribution in [0.15, 0.2) is 36.4 Å². The van der Waals surface area contributed by atoms with Crippen LogP contribution in [0, 0.1) is 5.92 Å². The van der Waals surface area contributed by atoms with Crippen LogP contribution in [0.1, 0.15) is 59.8 Å². The molecule has 12 heteroatoms. The quantitative estimate of drug-likeness (QED) is 0.384. The summed E-state index contributed by atoms with van der Waals surface area (Å²) in [5, 5.41) is 7.51. The highest BCUT2D eigenvalue weighted by Crippen LogP contribution is 2.35. The Balaban J connectivity index is 1.48. The van der Waals surface area contributed by atoms with Gasteiger partial charge in [0.05, 0.1) is 33.3 Å². The van der Waals surface area contributed by atoms with Gasteiger partial charge in [0, 0.05) is 30.6 Å². The topological polar surface area (TPSA) is 122 Å². The number of benzene rings is 2. The second-order valence-electron chi connectivity index (χ2n) is 10.4. The van der Waals surface area contributed by atoms with Crippen molar-refractivity contribution in [3.63, 3.8) is 0 Å². The highest BCUT2D eigenvalue weighted by atomic mass is 35.5. The number of hydrogen-bond donors (Lipinski definition) is 3. The molecule has 208 valence electrons. The predicted octanol–water partition coefficient (Wildman–Crippen LogP) is 3.83. The number of amides is 2. The average molecular weight is 593 g/mol. The fourth-order valence-electron chi connectivity index (χ4n) is 5.58.